The van der Waals surface area contributed by atoms with Crippen LogP contribution in [0.3, 0.4) is 0 Å². The normalized spacial score (nSPS) is 12.8. The highest BCUT2D eigenvalue weighted by Gasteiger charge is 2.47. The second-order valence-electron chi connectivity index (χ2n) is 13.8. The average molecular weight is 680 g/mol. The molecule has 10 rings (SSSR count). The zero-order valence-corrected chi connectivity index (χ0v) is 29.0. The van der Waals surface area contributed by atoms with Gasteiger partial charge in [0.2, 0.25) is 0 Å². The lowest BCUT2D eigenvalue weighted by Gasteiger charge is -2.35. The summed E-state index contributed by atoms with van der Waals surface area (Å²) >= 11 is 0. The molecular weight excluding hydrogens is 646 g/mol. The van der Waals surface area contributed by atoms with Gasteiger partial charge in [-0.15, -0.1) is 0 Å². The highest BCUT2D eigenvalue weighted by Crippen LogP contribution is 2.60. The molecular formula is C51H34FN. The van der Waals surface area contributed by atoms with Crippen molar-refractivity contribution in [1.82, 2.24) is 0 Å². The first-order valence-corrected chi connectivity index (χ1v) is 18.1. The van der Waals surface area contributed by atoms with Crippen LogP contribution in [0.4, 0.5) is 21.5 Å². The Morgan fingerprint density at radius 2 is 0.962 bits per heavy atom. The van der Waals surface area contributed by atoms with Crippen molar-refractivity contribution >= 4 is 38.6 Å². The minimum atomic E-state index is -0.764. The Morgan fingerprint density at radius 1 is 0.396 bits per heavy atom. The van der Waals surface area contributed by atoms with Crippen LogP contribution in [0.25, 0.3) is 43.8 Å². The maximum atomic E-state index is 15.6. The predicted octanol–water partition coefficient (Wildman–Crippen LogP) is 13.6. The van der Waals surface area contributed by atoms with E-state index in [1.807, 2.05) is 6.07 Å². The molecule has 9 aromatic carbocycles. The smallest absolute Gasteiger partial charge is 0.123 e. The fraction of sp³-hybridized carbons (Fsp3) is 0.0196. The van der Waals surface area contributed by atoms with Crippen molar-refractivity contribution in [2.75, 3.05) is 4.90 Å². The van der Waals surface area contributed by atoms with Crippen molar-refractivity contribution in [3.8, 4) is 22.3 Å². The first kappa shape index (κ1) is 31.0. The molecule has 2 heteroatoms. The van der Waals surface area contributed by atoms with Crippen LogP contribution in [-0.4, -0.2) is 0 Å². The molecule has 0 radical (unpaired) electrons. The van der Waals surface area contributed by atoms with Crippen LogP contribution >= 0.6 is 0 Å². The number of fused-ring (bicyclic) bond motifs is 6. The molecule has 9 aromatic rings. The lowest BCUT2D eigenvalue weighted by molar-refractivity contribution is 0.621. The highest BCUT2D eigenvalue weighted by molar-refractivity contribution is 6.11. The molecule has 1 aliphatic rings. The van der Waals surface area contributed by atoms with Crippen LogP contribution in [0.2, 0.25) is 0 Å². The fourth-order valence-corrected chi connectivity index (χ4v) is 8.66. The lowest BCUT2D eigenvalue weighted by atomic mass is 9.67. The van der Waals surface area contributed by atoms with Gasteiger partial charge in [0.15, 0.2) is 0 Å². The minimum Gasteiger partial charge on any atom is -0.310 e. The molecule has 1 nitrogen and oxygen atoms in total. The van der Waals surface area contributed by atoms with E-state index in [1.54, 1.807) is 12.1 Å². The Morgan fingerprint density at radius 3 is 1.66 bits per heavy atom. The summed E-state index contributed by atoms with van der Waals surface area (Å²) in [5, 5.41) is 4.62. The van der Waals surface area contributed by atoms with Gasteiger partial charge in [-0.3, -0.25) is 0 Å². The van der Waals surface area contributed by atoms with Crippen LogP contribution in [0.15, 0.2) is 206 Å². The van der Waals surface area contributed by atoms with E-state index in [-0.39, 0.29) is 5.82 Å². The van der Waals surface area contributed by atoms with Gasteiger partial charge in [-0.2, -0.15) is 0 Å². The van der Waals surface area contributed by atoms with Gasteiger partial charge >= 0.3 is 0 Å². The second kappa shape index (κ2) is 12.5. The molecule has 53 heavy (non-hydrogen) atoms. The lowest BCUT2D eigenvalue weighted by Crippen LogP contribution is -2.29. The molecule has 0 saturated carbocycles. The van der Waals surface area contributed by atoms with E-state index in [9.17, 15) is 0 Å². The Bertz CT molecular complexity index is 2730. The van der Waals surface area contributed by atoms with E-state index in [4.69, 9.17) is 0 Å². The van der Waals surface area contributed by atoms with Crippen molar-refractivity contribution < 1.29 is 4.39 Å². The average Bonchev–Trinajstić information content (AvgIpc) is 3.52. The van der Waals surface area contributed by atoms with Gasteiger partial charge in [0.25, 0.3) is 0 Å². The zero-order chi connectivity index (χ0) is 35.4. The van der Waals surface area contributed by atoms with Crippen LogP contribution in [0, 0.1) is 5.82 Å². The highest BCUT2D eigenvalue weighted by atomic mass is 19.1. The van der Waals surface area contributed by atoms with Crippen molar-refractivity contribution in [2.45, 2.75) is 5.41 Å². The van der Waals surface area contributed by atoms with Crippen LogP contribution in [0.5, 0.6) is 0 Å². The van der Waals surface area contributed by atoms with Gasteiger partial charge in [0.1, 0.15) is 5.82 Å². The topological polar surface area (TPSA) is 3.24 Å². The molecule has 0 atom stereocenters. The third-order valence-corrected chi connectivity index (χ3v) is 11.0. The molecule has 0 aliphatic heterocycles. The van der Waals surface area contributed by atoms with Crippen LogP contribution in [-0.2, 0) is 5.41 Å². The maximum Gasteiger partial charge on any atom is 0.123 e. The molecule has 0 unspecified atom stereocenters. The van der Waals surface area contributed by atoms with Gasteiger partial charge in [-0.05, 0) is 103 Å². The van der Waals surface area contributed by atoms with Crippen molar-refractivity contribution in [3.05, 3.63) is 234 Å². The Labute approximate surface area is 308 Å². The van der Waals surface area contributed by atoms with Crippen molar-refractivity contribution in [1.29, 1.82) is 0 Å². The molecule has 0 heterocycles. The number of hydrogen-bond donors (Lipinski definition) is 0. The number of benzene rings is 9. The second-order valence-corrected chi connectivity index (χ2v) is 13.8. The third kappa shape index (κ3) is 4.91. The van der Waals surface area contributed by atoms with E-state index < -0.39 is 5.41 Å². The van der Waals surface area contributed by atoms with E-state index in [2.05, 4.69) is 193 Å². The third-order valence-electron chi connectivity index (χ3n) is 11.0. The first-order valence-electron chi connectivity index (χ1n) is 18.1. The molecule has 0 bridgehead atoms. The minimum absolute atomic E-state index is 0.242. The SMILES string of the molecule is Fc1ccc2c(c1)C(c1ccccc1)(c1ccccc1)c1cc(N(c3ccc(-c4ccccc4)cc3)c3ccc4ccccc4c3)c3ccccc3c1-2. The number of anilines is 3. The molecule has 0 fully saturated rings. The van der Waals surface area contributed by atoms with Crippen molar-refractivity contribution in [3.63, 3.8) is 0 Å². The molecule has 0 spiro atoms. The summed E-state index contributed by atoms with van der Waals surface area (Å²) in [5.41, 5.74) is 11.2. The molecule has 250 valence electrons. The van der Waals surface area contributed by atoms with Crippen LogP contribution < -0.4 is 4.90 Å². The van der Waals surface area contributed by atoms with Gasteiger partial charge in [0, 0.05) is 16.8 Å². The molecule has 0 amide bonds. The van der Waals surface area contributed by atoms with E-state index >= 15 is 4.39 Å². The van der Waals surface area contributed by atoms with E-state index in [0.717, 1.165) is 66.8 Å². The number of hydrogen-bond acceptors (Lipinski definition) is 1. The monoisotopic (exact) mass is 679 g/mol. The molecule has 1 aliphatic carbocycles. The first-order chi connectivity index (χ1) is 26.2. The Kier molecular flexibility index (Phi) is 7.30. The zero-order valence-electron chi connectivity index (χ0n) is 29.0. The van der Waals surface area contributed by atoms with E-state index in [1.165, 1.54) is 16.3 Å². The Balaban J connectivity index is 1.31. The summed E-state index contributed by atoms with van der Waals surface area (Å²) < 4.78 is 15.6. The largest absolute Gasteiger partial charge is 0.310 e. The van der Waals surface area contributed by atoms with Crippen molar-refractivity contribution in [2.24, 2.45) is 0 Å². The summed E-state index contributed by atoms with van der Waals surface area (Å²) in [7, 11) is 0. The fourth-order valence-electron chi connectivity index (χ4n) is 8.66. The van der Waals surface area contributed by atoms with Gasteiger partial charge in [0.05, 0.1) is 11.1 Å². The van der Waals surface area contributed by atoms with E-state index in [0.29, 0.717) is 0 Å². The maximum absolute atomic E-state index is 15.6. The Hall–Kier alpha value is -6.77. The quantitative estimate of drug-likeness (QED) is 0.169. The summed E-state index contributed by atoms with van der Waals surface area (Å²) in [6.45, 7) is 0. The predicted molar refractivity (Wildman–Crippen MR) is 219 cm³/mol. The van der Waals surface area contributed by atoms with Gasteiger partial charge in [-0.25, -0.2) is 4.39 Å². The number of nitrogens with zero attached hydrogens (tertiary/aromatic N) is 1. The van der Waals surface area contributed by atoms with Gasteiger partial charge < -0.3 is 4.90 Å². The summed E-state index contributed by atoms with van der Waals surface area (Å²) in [6, 6.07) is 72.3. The molecule has 0 aromatic heterocycles. The standard InChI is InChI=1S/C51H34FN/c52-41-27-31-46-47(33-41)51(39-18-6-2-7-19-39,40-20-8-3-9-21-40)48-34-49(44-22-12-13-23-45(44)50(46)48)53(43-30-26-36-16-10-11-17-38(36)32-43)42-28-24-37(25-29-42)35-14-4-1-5-15-35/h1-34H. The van der Waals surface area contributed by atoms with Crippen LogP contribution in [0.1, 0.15) is 22.3 Å². The molecule has 0 saturated heterocycles. The molecule has 0 N–H and O–H groups in total. The number of rotatable bonds is 6. The number of halogens is 1. The van der Waals surface area contributed by atoms with Gasteiger partial charge in [-0.1, -0.05) is 164 Å². The summed E-state index contributed by atoms with van der Waals surface area (Å²) in [5.74, 6) is -0.242. The summed E-state index contributed by atoms with van der Waals surface area (Å²) in [4.78, 5) is 2.40. The summed E-state index contributed by atoms with van der Waals surface area (Å²) in [6.07, 6.45) is 0.